The fourth-order valence-corrected chi connectivity index (χ4v) is 4.38. The van der Waals surface area contributed by atoms with Crippen LogP contribution in [0.3, 0.4) is 0 Å². The highest BCUT2D eigenvalue weighted by Gasteiger charge is 2.38. The first kappa shape index (κ1) is 18.7. The monoisotopic (exact) mass is 381 g/mol. The van der Waals surface area contributed by atoms with Crippen LogP contribution in [0.1, 0.15) is 40.2 Å². The van der Waals surface area contributed by atoms with Crippen LogP contribution in [0.25, 0.3) is 0 Å². The van der Waals surface area contributed by atoms with Crippen molar-refractivity contribution in [1.29, 1.82) is 0 Å². The van der Waals surface area contributed by atoms with Crippen molar-refractivity contribution in [3.05, 3.63) is 47.0 Å². The topological polar surface area (TPSA) is 71.3 Å². The molecule has 7 nitrogen and oxygen atoms in total. The number of aryl methyl sites for hydroxylation is 1. The highest BCUT2D eigenvalue weighted by Crippen LogP contribution is 2.29. The van der Waals surface area contributed by atoms with Crippen molar-refractivity contribution in [1.82, 2.24) is 24.6 Å². The Bertz CT molecular complexity index is 892. The Hall–Kier alpha value is -2.70. The Morgan fingerprint density at radius 2 is 1.96 bits per heavy atom. The molecule has 0 unspecified atom stereocenters. The summed E-state index contributed by atoms with van der Waals surface area (Å²) in [6.45, 7) is 8.29. The molecule has 2 aromatic heterocycles. The fraction of sp³-hybridized carbons (Fsp3) is 0.524. The summed E-state index contributed by atoms with van der Waals surface area (Å²) in [7, 11) is 0. The summed E-state index contributed by atoms with van der Waals surface area (Å²) in [4.78, 5) is 33.9. The van der Waals surface area contributed by atoms with Gasteiger partial charge in [-0.1, -0.05) is 0 Å². The van der Waals surface area contributed by atoms with Crippen LogP contribution in [0.4, 0.5) is 0 Å². The predicted molar refractivity (Wildman–Crippen MR) is 105 cm³/mol. The van der Waals surface area contributed by atoms with Gasteiger partial charge in [0.05, 0.1) is 11.3 Å². The summed E-state index contributed by atoms with van der Waals surface area (Å²) in [6, 6.07) is 3.66. The van der Waals surface area contributed by atoms with E-state index in [4.69, 9.17) is 0 Å². The normalized spacial score (nSPS) is 21.7. The molecule has 2 atom stereocenters. The smallest absolute Gasteiger partial charge is 0.255 e. The van der Waals surface area contributed by atoms with Crippen LogP contribution in [-0.4, -0.2) is 62.1 Å². The van der Waals surface area contributed by atoms with Crippen LogP contribution in [0.5, 0.6) is 0 Å². The zero-order chi connectivity index (χ0) is 19.8. The molecular weight excluding hydrogens is 354 g/mol. The van der Waals surface area contributed by atoms with Crippen molar-refractivity contribution in [3.8, 4) is 0 Å². The molecule has 0 aromatic carbocycles. The summed E-state index contributed by atoms with van der Waals surface area (Å²) >= 11 is 0. The van der Waals surface area contributed by atoms with Crippen molar-refractivity contribution in [2.45, 2.75) is 46.2 Å². The molecular formula is C21H27N5O2. The van der Waals surface area contributed by atoms with Gasteiger partial charge >= 0.3 is 0 Å². The number of hydrogen-bond acceptors (Lipinski definition) is 4. The molecule has 5 heterocycles. The van der Waals surface area contributed by atoms with Crippen molar-refractivity contribution in [2.75, 3.05) is 19.6 Å². The molecule has 3 aliphatic heterocycles. The maximum atomic E-state index is 13.1. The Kier molecular flexibility index (Phi) is 4.91. The molecule has 0 aliphatic carbocycles. The third kappa shape index (κ3) is 3.41. The van der Waals surface area contributed by atoms with E-state index in [2.05, 4.69) is 10.1 Å². The average Bonchev–Trinajstić information content (AvgIpc) is 2.92. The molecule has 0 saturated carbocycles. The minimum absolute atomic E-state index is 0.00784. The second-order valence-corrected chi connectivity index (χ2v) is 8.05. The first-order chi connectivity index (χ1) is 13.4. The lowest BCUT2D eigenvalue weighted by molar-refractivity contribution is -0.136. The van der Waals surface area contributed by atoms with Gasteiger partial charge in [-0.3, -0.25) is 19.3 Å². The minimum Gasteiger partial charge on any atom is -0.336 e. The first-order valence-electron chi connectivity index (χ1n) is 9.93. The number of amides is 2. The van der Waals surface area contributed by atoms with Gasteiger partial charge in [0.25, 0.3) is 5.91 Å². The van der Waals surface area contributed by atoms with Gasteiger partial charge in [-0.15, -0.1) is 0 Å². The molecule has 3 saturated heterocycles. The summed E-state index contributed by atoms with van der Waals surface area (Å²) in [6.07, 6.45) is 5.29. The van der Waals surface area contributed by atoms with Gasteiger partial charge in [-0.25, -0.2) is 0 Å². The Labute approximate surface area is 165 Å². The third-order valence-corrected chi connectivity index (χ3v) is 6.26. The molecule has 0 N–H and O–H groups in total. The largest absolute Gasteiger partial charge is 0.336 e. The van der Waals surface area contributed by atoms with Crippen LogP contribution < -0.4 is 0 Å². The van der Waals surface area contributed by atoms with Gasteiger partial charge < -0.3 is 9.80 Å². The second-order valence-electron chi connectivity index (χ2n) is 8.05. The number of rotatable bonds is 3. The number of nitrogens with zero attached hydrogens (tertiary/aromatic N) is 5. The van der Waals surface area contributed by atoms with Crippen molar-refractivity contribution in [2.24, 2.45) is 5.92 Å². The number of hydrogen-bond donors (Lipinski definition) is 0. The van der Waals surface area contributed by atoms with Crippen molar-refractivity contribution >= 4 is 11.8 Å². The van der Waals surface area contributed by atoms with E-state index in [-0.39, 0.29) is 24.4 Å². The van der Waals surface area contributed by atoms with Gasteiger partial charge in [0.15, 0.2) is 0 Å². The van der Waals surface area contributed by atoms with Gasteiger partial charge in [0.1, 0.15) is 6.54 Å². The molecule has 2 aromatic rings. The second kappa shape index (κ2) is 7.37. The molecule has 2 bridgehead atoms. The number of piperidine rings is 1. The SMILES string of the molecule is Cc1nn(CC(=O)N2C[C@H]3CC[C@@H]2CN(C(=O)c2cccnc2)C3)c(C)c1C. The van der Waals surface area contributed by atoms with E-state index < -0.39 is 0 Å². The number of carbonyl (C=O) groups excluding carboxylic acids is 2. The lowest BCUT2D eigenvalue weighted by Crippen LogP contribution is -2.49. The predicted octanol–water partition coefficient (Wildman–Crippen LogP) is 1.97. The van der Waals surface area contributed by atoms with Gasteiger partial charge in [0.2, 0.25) is 5.91 Å². The fourth-order valence-electron chi connectivity index (χ4n) is 4.38. The van der Waals surface area contributed by atoms with Crippen LogP contribution in [0.2, 0.25) is 0 Å². The van der Waals surface area contributed by atoms with Crippen molar-refractivity contribution in [3.63, 3.8) is 0 Å². The molecule has 0 spiro atoms. The van der Waals surface area contributed by atoms with Gasteiger partial charge in [-0.05, 0) is 57.2 Å². The van der Waals surface area contributed by atoms with Gasteiger partial charge in [0, 0.05) is 43.8 Å². The third-order valence-electron chi connectivity index (χ3n) is 6.26. The van der Waals surface area contributed by atoms with Gasteiger partial charge in [-0.2, -0.15) is 5.10 Å². The molecule has 5 rings (SSSR count). The minimum atomic E-state index is 0.00784. The Morgan fingerprint density at radius 3 is 2.64 bits per heavy atom. The lowest BCUT2D eigenvalue weighted by atomic mass is 9.95. The zero-order valence-electron chi connectivity index (χ0n) is 16.8. The summed E-state index contributed by atoms with van der Waals surface area (Å²) in [5.74, 6) is 0.426. The number of pyridine rings is 1. The molecule has 148 valence electrons. The summed E-state index contributed by atoms with van der Waals surface area (Å²) < 4.78 is 1.81. The highest BCUT2D eigenvalue weighted by molar-refractivity contribution is 5.94. The number of carbonyl (C=O) groups is 2. The number of fused-ring (bicyclic) bond motifs is 4. The molecule has 28 heavy (non-hydrogen) atoms. The standard InChI is InChI=1S/C21H27N5O2/c1-14-15(2)23-26(16(14)3)13-20(27)25-11-17-6-7-19(25)12-24(10-17)21(28)18-5-4-8-22-9-18/h4-5,8-9,17,19H,6-7,10-13H2,1-3H3/t17-,19+/m0/s1. The number of aromatic nitrogens is 3. The zero-order valence-corrected chi connectivity index (χ0v) is 16.8. The quantitative estimate of drug-likeness (QED) is 0.815. The highest BCUT2D eigenvalue weighted by atomic mass is 16.2. The van der Waals surface area contributed by atoms with Crippen LogP contribution in [-0.2, 0) is 11.3 Å². The lowest BCUT2D eigenvalue weighted by Gasteiger charge is -2.36. The van der Waals surface area contributed by atoms with E-state index in [1.54, 1.807) is 24.5 Å². The molecule has 2 amide bonds. The van der Waals surface area contributed by atoms with E-state index in [1.165, 1.54) is 0 Å². The molecule has 0 radical (unpaired) electrons. The van der Waals surface area contributed by atoms with Crippen LogP contribution >= 0.6 is 0 Å². The van der Waals surface area contributed by atoms with Crippen molar-refractivity contribution < 1.29 is 9.59 Å². The maximum absolute atomic E-state index is 13.1. The Morgan fingerprint density at radius 1 is 1.14 bits per heavy atom. The maximum Gasteiger partial charge on any atom is 0.255 e. The van der Waals surface area contributed by atoms with E-state index in [1.807, 2.05) is 35.3 Å². The van der Waals surface area contributed by atoms with Crippen LogP contribution in [0.15, 0.2) is 24.5 Å². The van der Waals surface area contributed by atoms with E-state index >= 15 is 0 Å². The van der Waals surface area contributed by atoms with E-state index in [0.717, 1.165) is 36.3 Å². The summed E-state index contributed by atoms with van der Waals surface area (Å²) in [5.41, 5.74) is 3.76. The molecule has 3 fully saturated rings. The molecule has 3 aliphatic rings. The first-order valence-corrected chi connectivity index (χ1v) is 9.93. The Balaban J connectivity index is 1.49. The average molecular weight is 381 g/mol. The van der Waals surface area contributed by atoms with Crippen LogP contribution in [0, 0.1) is 26.7 Å². The molecule has 7 heteroatoms. The summed E-state index contributed by atoms with van der Waals surface area (Å²) in [5, 5.41) is 4.51. The van der Waals surface area contributed by atoms with E-state index in [9.17, 15) is 9.59 Å². The van der Waals surface area contributed by atoms with E-state index in [0.29, 0.717) is 24.6 Å².